The van der Waals surface area contributed by atoms with Crippen molar-refractivity contribution in [3.8, 4) is 0 Å². The topological polar surface area (TPSA) is 48.5 Å². The maximum Gasteiger partial charge on any atom is 0.145 e. The standard InChI is InChI=1S/C15H20N4/c1-12-8-4-6-10-13(11-7-5-9-12)14-16-15(2,3)18-19-17-14/h4-11,18-19H,1-3H3,(H,16,17). The molecule has 4 nitrogen and oxygen atoms in total. The molecule has 0 aromatic heterocycles. The monoisotopic (exact) mass is 256 g/mol. The highest BCUT2D eigenvalue weighted by Gasteiger charge is 2.20. The second-order valence-electron chi connectivity index (χ2n) is 5.03. The molecule has 0 atom stereocenters. The molecule has 0 aliphatic carbocycles. The van der Waals surface area contributed by atoms with Crippen LogP contribution in [0.4, 0.5) is 0 Å². The van der Waals surface area contributed by atoms with Gasteiger partial charge in [-0.1, -0.05) is 54.1 Å². The van der Waals surface area contributed by atoms with E-state index in [1.54, 1.807) is 0 Å². The van der Waals surface area contributed by atoms with Crippen molar-refractivity contribution >= 4 is 5.84 Å². The molecule has 1 aromatic rings. The van der Waals surface area contributed by atoms with Crippen LogP contribution in [-0.4, -0.2) is 11.5 Å². The largest absolute Gasteiger partial charge is 0.292 e. The van der Waals surface area contributed by atoms with Crippen molar-refractivity contribution in [2.75, 3.05) is 0 Å². The van der Waals surface area contributed by atoms with Gasteiger partial charge in [-0.15, -0.1) is 0 Å². The predicted octanol–water partition coefficient (Wildman–Crippen LogP) is 2.21. The van der Waals surface area contributed by atoms with Crippen LogP contribution in [0.2, 0.25) is 0 Å². The van der Waals surface area contributed by atoms with Gasteiger partial charge in [0.05, 0.1) is 0 Å². The summed E-state index contributed by atoms with van der Waals surface area (Å²) in [5.41, 5.74) is 10.9. The van der Waals surface area contributed by atoms with Crippen LogP contribution in [0.5, 0.6) is 0 Å². The highest BCUT2D eigenvalue weighted by molar-refractivity contribution is 5.98. The van der Waals surface area contributed by atoms with Crippen LogP contribution in [0.1, 0.15) is 25.0 Å². The molecule has 4 heteroatoms. The summed E-state index contributed by atoms with van der Waals surface area (Å²) in [6.07, 6.45) is 0. The second-order valence-corrected chi connectivity index (χ2v) is 5.03. The first-order chi connectivity index (χ1) is 9.07. The molecule has 0 unspecified atom stereocenters. The van der Waals surface area contributed by atoms with Crippen molar-refractivity contribution < 1.29 is 0 Å². The number of amidine groups is 1. The zero-order chi connectivity index (χ0) is 13.7. The Morgan fingerprint density at radius 1 is 0.947 bits per heavy atom. The minimum Gasteiger partial charge on any atom is -0.292 e. The lowest BCUT2D eigenvalue weighted by atomic mass is 10.2. The lowest BCUT2D eigenvalue weighted by molar-refractivity contribution is 0.307. The van der Waals surface area contributed by atoms with Gasteiger partial charge >= 0.3 is 0 Å². The van der Waals surface area contributed by atoms with Gasteiger partial charge in [-0.05, 0) is 20.8 Å². The fourth-order valence-electron chi connectivity index (χ4n) is 1.72. The maximum atomic E-state index is 4.62. The van der Waals surface area contributed by atoms with E-state index in [9.17, 15) is 0 Å². The molecule has 0 amide bonds. The fraction of sp³-hybridized carbons (Fsp3) is 0.267. The van der Waals surface area contributed by atoms with Gasteiger partial charge in [0.25, 0.3) is 0 Å². The molecule has 1 aliphatic rings. The predicted molar refractivity (Wildman–Crippen MR) is 78.8 cm³/mol. The van der Waals surface area contributed by atoms with Crippen LogP contribution < -0.4 is 16.4 Å². The van der Waals surface area contributed by atoms with Gasteiger partial charge in [-0.3, -0.25) is 5.43 Å². The van der Waals surface area contributed by atoms with Crippen LogP contribution in [-0.2, 0) is 0 Å². The molecule has 1 heterocycles. The number of hydrogen-bond acceptors (Lipinski definition) is 4. The number of nitrogens with zero attached hydrogens (tertiary/aromatic N) is 1. The molecule has 0 spiro atoms. The van der Waals surface area contributed by atoms with Crippen molar-refractivity contribution in [2.24, 2.45) is 4.99 Å². The zero-order valence-corrected chi connectivity index (χ0v) is 11.6. The molecule has 0 bridgehead atoms. The Bertz CT molecular complexity index is 506. The van der Waals surface area contributed by atoms with E-state index in [0.29, 0.717) is 0 Å². The number of rotatable bonds is 1. The van der Waals surface area contributed by atoms with Gasteiger partial charge in [-0.25, -0.2) is 10.4 Å². The van der Waals surface area contributed by atoms with Crippen LogP contribution in [0, 0.1) is 6.92 Å². The summed E-state index contributed by atoms with van der Waals surface area (Å²) in [7, 11) is 0. The quantitative estimate of drug-likeness (QED) is 0.722. The Morgan fingerprint density at radius 3 is 2.11 bits per heavy atom. The summed E-state index contributed by atoms with van der Waals surface area (Å²) in [5.74, 6) is 0.819. The highest BCUT2D eigenvalue weighted by atomic mass is 15.7. The Labute approximate surface area is 114 Å². The van der Waals surface area contributed by atoms with E-state index in [2.05, 4.69) is 40.4 Å². The van der Waals surface area contributed by atoms with E-state index in [0.717, 1.165) is 11.4 Å². The third-order valence-electron chi connectivity index (χ3n) is 2.71. The smallest absolute Gasteiger partial charge is 0.145 e. The summed E-state index contributed by atoms with van der Waals surface area (Å²) >= 11 is 0. The van der Waals surface area contributed by atoms with Gasteiger partial charge in [0.1, 0.15) is 11.5 Å². The molecule has 1 aromatic carbocycles. The Balaban J connectivity index is 2.42. The van der Waals surface area contributed by atoms with E-state index in [-0.39, 0.29) is 5.66 Å². The number of hydrogen-bond donors (Lipinski definition) is 3. The van der Waals surface area contributed by atoms with Crippen molar-refractivity contribution in [2.45, 2.75) is 26.4 Å². The van der Waals surface area contributed by atoms with Gasteiger partial charge in [0, 0.05) is 5.56 Å². The molecule has 0 saturated carbocycles. The number of hydrazine groups is 2. The molecule has 0 fully saturated rings. The number of nitrogens with one attached hydrogen (secondary N) is 3. The van der Waals surface area contributed by atoms with E-state index in [1.165, 1.54) is 5.56 Å². The van der Waals surface area contributed by atoms with Gasteiger partial charge in [0.2, 0.25) is 0 Å². The lowest BCUT2D eigenvalue weighted by Gasteiger charge is -2.29. The Morgan fingerprint density at radius 2 is 1.53 bits per heavy atom. The molecular weight excluding hydrogens is 236 g/mol. The first kappa shape index (κ1) is 13.5. The van der Waals surface area contributed by atoms with Crippen LogP contribution in [0.3, 0.4) is 0 Å². The highest BCUT2D eigenvalue weighted by Crippen LogP contribution is 2.08. The van der Waals surface area contributed by atoms with Crippen LogP contribution in [0.25, 0.3) is 0 Å². The molecular formula is C15H20N4. The number of aryl methyl sites for hydroxylation is 1. The third-order valence-corrected chi connectivity index (χ3v) is 2.71. The average Bonchev–Trinajstić information content (AvgIpc) is 2.36. The first-order valence-corrected chi connectivity index (χ1v) is 6.35. The molecule has 1 aliphatic heterocycles. The van der Waals surface area contributed by atoms with E-state index in [4.69, 9.17) is 0 Å². The SMILES string of the molecule is Cc1ccccc(C2=NC(C)(C)NNN2)cccc1. The van der Waals surface area contributed by atoms with Gasteiger partial charge < -0.3 is 0 Å². The van der Waals surface area contributed by atoms with Gasteiger partial charge in [-0.2, -0.15) is 5.53 Å². The number of aliphatic imine (C=N–C) groups is 1. The normalized spacial score (nSPS) is 16.9. The van der Waals surface area contributed by atoms with E-state index < -0.39 is 0 Å². The van der Waals surface area contributed by atoms with Crippen molar-refractivity contribution in [3.05, 3.63) is 59.7 Å². The maximum absolute atomic E-state index is 4.62. The Kier molecular flexibility index (Phi) is 4.14. The minimum absolute atomic E-state index is 0.333. The molecule has 3 N–H and O–H groups in total. The summed E-state index contributed by atoms with van der Waals surface area (Å²) in [6, 6.07) is 16.3. The summed E-state index contributed by atoms with van der Waals surface area (Å²) < 4.78 is 0. The molecule has 2 rings (SSSR count). The van der Waals surface area contributed by atoms with Crippen molar-refractivity contribution in [1.82, 2.24) is 16.4 Å². The summed E-state index contributed by atoms with van der Waals surface area (Å²) in [6.45, 7) is 6.09. The minimum atomic E-state index is -0.333. The summed E-state index contributed by atoms with van der Waals surface area (Å²) in [4.78, 5) is 4.62. The first-order valence-electron chi connectivity index (χ1n) is 6.35. The third kappa shape index (κ3) is 4.05. The van der Waals surface area contributed by atoms with Crippen molar-refractivity contribution in [3.63, 3.8) is 0 Å². The van der Waals surface area contributed by atoms with Crippen LogP contribution >= 0.6 is 0 Å². The Hall–Kier alpha value is -1.91. The second kappa shape index (κ2) is 5.82. The zero-order valence-electron chi connectivity index (χ0n) is 11.6. The van der Waals surface area contributed by atoms with Crippen LogP contribution in [0.15, 0.2) is 53.5 Å². The average molecular weight is 256 g/mol. The molecule has 100 valence electrons. The molecule has 0 saturated heterocycles. The fourth-order valence-corrected chi connectivity index (χ4v) is 1.72. The summed E-state index contributed by atoms with van der Waals surface area (Å²) in [5, 5.41) is 0. The van der Waals surface area contributed by atoms with Gasteiger partial charge in [0.15, 0.2) is 0 Å². The van der Waals surface area contributed by atoms with E-state index in [1.807, 2.05) is 50.2 Å². The van der Waals surface area contributed by atoms with Crippen molar-refractivity contribution in [1.29, 1.82) is 0 Å². The van der Waals surface area contributed by atoms with E-state index >= 15 is 0 Å². The molecule has 0 radical (unpaired) electrons. The molecule has 19 heavy (non-hydrogen) atoms. The lowest BCUT2D eigenvalue weighted by Crippen LogP contribution is -2.60.